The van der Waals surface area contributed by atoms with Crippen molar-refractivity contribution in [3.05, 3.63) is 29.8 Å². The van der Waals surface area contributed by atoms with Gasteiger partial charge in [0, 0.05) is 6.42 Å². The Balaban J connectivity index is 2.89. The Bertz CT molecular complexity index is 465. The SMILES string of the molecule is CCC(OC#N)Oc1ccc(C(C(C)C)C(C)(C)C)cc1. The third kappa shape index (κ3) is 4.97. The largest absolute Gasteiger partial charge is 0.454 e. The Morgan fingerprint density at radius 2 is 1.71 bits per heavy atom. The average molecular weight is 289 g/mol. The standard InChI is InChI=1S/C18H27NO2/c1-7-16(20-12-19)21-15-10-8-14(9-11-15)17(13(2)3)18(4,5)6/h8-11,13,16-17H,7H2,1-6H3. The lowest BCUT2D eigenvalue weighted by Gasteiger charge is -2.34. The minimum absolute atomic E-state index is 0.215. The molecular formula is C18H27NO2. The molecule has 116 valence electrons. The molecule has 0 aliphatic carbocycles. The van der Waals surface area contributed by atoms with Gasteiger partial charge in [-0.2, -0.15) is 5.26 Å². The molecule has 2 unspecified atom stereocenters. The predicted molar refractivity (Wildman–Crippen MR) is 84.9 cm³/mol. The normalized spacial score (nSPS) is 14.4. The van der Waals surface area contributed by atoms with Gasteiger partial charge in [0.15, 0.2) is 0 Å². The first kappa shape index (κ1) is 17.4. The number of benzene rings is 1. The van der Waals surface area contributed by atoms with Crippen LogP contribution in [0, 0.1) is 22.9 Å². The number of hydrogen-bond donors (Lipinski definition) is 0. The van der Waals surface area contributed by atoms with Crippen LogP contribution in [-0.4, -0.2) is 6.29 Å². The minimum atomic E-state index is -0.510. The zero-order valence-electron chi connectivity index (χ0n) is 14.0. The molecule has 0 aliphatic heterocycles. The van der Waals surface area contributed by atoms with Gasteiger partial charge in [-0.25, -0.2) is 0 Å². The van der Waals surface area contributed by atoms with Gasteiger partial charge in [-0.3, -0.25) is 0 Å². The molecule has 0 spiro atoms. The van der Waals surface area contributed by atoms with Gasteiger partial charge in [0.1, 0.15) is 5.75 Å². The van der Waals surface area contributed by atoms with Crippen molar-refractivity contribution in [2.75, 3.05) is 0 Å². The van der Waals surface area contributed by atoms with Gasteiger partial charge >= 0.3 is 0 Å². The van der Waals surface area contributed by atoms with E-state index < -0.39 is 6.29 Å². The van der Waals surface area contributed by atoms with E-state index in [2.05, 4.69) is 46.8 Å². The molecular weight excluding hydrogens is 262 g/mol. The lowest BCUT2D eigenvalue weighted by molar-refractivity contribution is -0.0218. The van der Waals surface area contributed by atoms with Crippen molar-refractivity contribution in [1.29, 1.82) is 5.26 Å². The molecule has 0 saturated carbocycles. The first-order chi connectivity index (χ1) is 9.79. The summed E-state index contributed by atoms with van der Waals surface area (Å²) in [6.45, 7) is 13.3. The topological polar surface area (TPSA) is 42.2 Å². The highest BCUT2D eigenvalue weighted by Gasteiger charge is 2.28. The van der Waals surface area contributed by atoms with E-state index in [1.165, 1.54) is 5.56 Å². The molecule has 0 aliphatic rings. The number of nitrogens with zero attached hydrogens (tertiary/aromatic N) is 1. The van der Waals surface area contributed by atoms with E-state index in [4.69, 9.17) is 14.7 Å². The highest BCUT2D eigenvalue weighted by atomic mass is 16.7. The van der Waals surface area contributed by atoms with Crippen molar-refractivity contribution >= 4 is 0 Å². The van der Waals surface area contributed by atoms with Crippen LogP contribution in [-0.2, 0) is 4.74 Å². The van der Waals surface area contributed by atoms with E-state index >= 15 is 0 Å². The number of ether oxygens (including phenoxy) is 2. The number of rotatable bonds is 6. The fourth-order valence-electron chi connectivity index (χ4n) is 3.04. The van der Waals surface area contributed by atoms with E-state index in [1.54, 1.807) is 6.26 Å². The van der Waals surface area contributed by atoms with Gasteiger partial charge in [-0.15, -0.1) is 0 Å². The van der Waals surface area contributed by atoms with Crippen molar-refractivity contribution in [1.82, 2.24) is 0 Å². The van der Waals surface area contributed by atoms with Crippen LogP contribution in [0.4, 0.5) is 0 Å². The summed E-state index contributed by atoms with van der Waals surface area (Å²) in [7, 11) is 0. The molecule has 0 N–H and O–H groups in total. The quantitative estimate of drug-likeness (QED) is 0.541. The van der Waals surface area contributed by atoms with Crippen LogP contribution < -0.4 is 4.74 Å². The van der Waals surface area contributed by atoms with Crippen LogP contribution in [0.25, 0.3) is 0 Å². The van der Waals surface area contributed by atoms with E-state index in [1.807, 2.05) is 19.1 Å². The van der Waals surface area contributed by atoms with Crippen LogP contribution >= 0.6 is 0 Å². The van der Waals surface area contributed by atoms with Gasteiger partial charge in [0.2, 0.25) is 0 Å². The van der Waals surface area contributed by atoms with Crippen LogP contribution in [0.1, 0.15) is 59.4 Å². The maximum Gasteiger partial charge on any atom is 0.289 e. The number of nitriles is 1. The molecule has 0 heterocycles. The molecule has 1 aromatic carbocycles. The summed E-state index contributed by atoms with van der Waals surface area (Å²) in [5.74, 6) is 1.79. The Morgan fingerprint density at radius 3 is 2.10 bits per heavy atom. The second kappa shape index (κ2) is 7.36. The van der Waals surface area contributed by atoms with Crippen molar-refractivity contribution in [3.63, 3.8) is 0 Å². The molecule has 0 bridgehead atoms. The summed E-state index contributed by atoms with van der Waals surface area (Å²) in [5, 5.41) is 8.56. The fraction of sp³-hybridized carbons (Fsp3) is 0.611. The third-order valence-electron chi connectivity index (χ3n) is 3.62. The monoisotopic (exact) mass is 289 g/mol. The van der Waals surface area contributed by atoms with Gasteiger partial charge in [0.05, 0.1) is 0 Å². The summed E-state index contributed by atoms with van der Waals surface area (Å²) in [6.07, 6.45) is 1.80. The zero-order chi connectivity index (χ0) is 16.0. The summed E-state index contributed by atoms with van der Waals surface area (Å²) < 4.78 is 10.5. The van der Waals surface area contributed by atoms with Crippen LogP contribution in [0.15, 0.2) is 24.3 Å². The second-order valence-electron chi connectivity index (χ2n) is 6.82. The van der Waals surface area contributed by atoms with Crippen molar-refractivity contribution < 1.29 is 9.47 Å². The molecule has 3 nitrogen and oxygen atoms in total. The molecule has 0 fully saturated rings. The lowest BCUT2D eigenvalue weighted by Crippen LogP contribution is -2.23. The molecule has 0 saturated heterocycles. The Morgan fingerprint density at radius 1 is 1.14 bits per heavy atom. The van der Waals surface area contributed by atoms with E-state index in [0.29, 0.717) is 18.3 Å². The maximum absolute atomic E-state index is 8.56. The van der Waals surface area contributed by atoms with Crippen molar-refractivity contribution in [2.24, 2.45) is 11.3 Å². The van der Waals surface area contributed by atoms with Crippen LogP contribution in [0.2, 0.25) is 0 Å². The summed E-state index contributed by atoms with van der Waals surface area (Å²) in [5.41, 5.74) is 1.53. The van der Waals surface area contributed by atoms with Gasteiger partial charge in [-0.1, -0.05) is 53.7 Å². The predicted octanol–water partition coefficient (Wildman–Crippen LogP) is 5.08. The molecule has 0 amide bonds. The number of hydrogen-bond acceptors (Lipinski definition) is 3. The Hall–Kier alpha value is -1.69. The first-order valence-corrected chi connectivity index (χ1v) is 7.61. The molecule has 2 atom stereocenters. The maximum atomic E-state index is 8.56. The smallest absolute Gasteiger partial charge is 0.289 e. The summed E-state index contributed by atoms with van der Waals surface area (Å²) >= 11 is 0. The highest BCUT2D eigenvalue weighted by Crippen LogP contribution is 2.40. The first-order valence-electron chi connectivity index (χ1n) is 7.61. The van der Waals surface area contributed by atoms with Gasteiger partial charge in [0.25, 0.3) is 12.5 Å². The Kier molecular flexibility index (Phi) is 6.08. The molecule has 21 heavy (non-hydrogen) atoms. The molecule has 1 aromatic rings. The lowest BCUT2D eigenvalue weighted by atomic mass is 9.70. The summed E-state index contributed by atoms with van der Waals surface area (Å²) in [4.78, 5) is 0. The molecule has 0 radical (unpaired) electrons. The third-order valence-corrected chi connectivity index (χ3v) is 3.62. The highest BCUT2D eigenvalue weighted by molar-refractivity contribution is 5.30. The second-order valence-corrected chi connectivity index (χ2v) is 6.82. The molecule has 1 rings (SSSR count). The van der Waals surface area contributed by atoms with E-state index in [9.17, 15) is 0 Å². The Labute approximate surface area is 128 Å². The summed E-state index contributed by atoms with van der Waals surface area (Å²) in [6, 6.07) is 8.15. The fourth-order valence-corrected chi connectivity index (χ4v) is 3.04. The molecule has 0 aromatic heterocycles. The zero-order valence-corrected chi connectivity index (χ0v) is 14.0. The van der Waals surface area contributed by atoms with Crippen LogP contribution in [0.3, 0.4) is 0 Å². The van der Waals surface area contributed by atoms with Crippen molar-refractivity contribution in [2.45, 2.75) is 60.2 Å². The van der Waals surface area contributed by atoms with Gasteiger partial charge < -0.3 is 9.47 Å². The van der Waals surface area contributed by atoms with E-state index in [0.717, 1.165) is 5.75 Å². The van der Waals surface area contributed by atoms with Crippen LogP contribution in [0.5, 0.6) is 5.75 Å². The minimum Gasteiger partial charge on any atom is -0.454 e. The van der Waals surface area contributed by atoms with Gasteiger partial charge in [-0.05, 0) is 34.9 Å². The van der Waals surface area contributed by atoms with E-state index in [-0.39, 0.29) is 5.41 Å². The molecule has 3 heteroatoms. The van der Waals surface area contributed by atoms with Crippen molar-refractivity contribution in [3.8, 4) is 12.0 Å². The average Bonchev–Trinajstić information content (AvgIpc) is 2.38.